The van der Waals surface area contributed by atoms with Gasteiger partial charge in [0, 0.05) is 12.6 Å². The van der Waals surface area contributed by atoms with E-state index in [1.54, 1.807) is 0 Å². The molecule has 0 aromatic carbocycles. The number of rotatable bonds is 3. The van der Waals surface area contributed by atoms with E-state index in [-0.39, 0.29) is 10.9 Å². The summed E-state index contributed by atoms with van der Waals surface area (Å²) in [5, 5.41) is 19.2. The van der Waals surface area contributed by atoms with Gasteiger partial charge in [-0.2, -0.15) is 0 Å². The Balaban J connectivity index is 2.41. The number of halogens is 1. The Bertz CT molecular complexity index is 610. The van der Waals surface area contributed by atoms with E-state index >= 15 is 0 Å². The van der Waals surface area contributed by atoms with Gasteiger partial charge in [0.25, 0.3) is 5.56 Å². The highest BCUT2D eigenvalue weighted by atomic mass is 79.9. The molecule has 3 N–H and O–H groups in total. The third-order valence-corrected chi connectivity index (χ3v) is 3.74. The zero-order valence-corrected chi connectivity index (χ0v) is 11.5. The second-order valence-corrected chi connectivity index (χ2v) is 5.14. The molecule has 0 radical (unpaired) electrons. The number of nitrogens with one attached hydrogen (secondary N) is 1. The third kappa shape index (κ3) is 2.32. The first-order valence-corrected chi connectivity index (χ1v) is 6.34. The first-order valence-electron chi connectivity index (χ1n) is 5.55. The molecule has 19 heavy (non-hydrogen) atoms. The van der Waals surface area contributed by atoms with Gasteiger partial charge in [0.15, 0.2) is 0 Å². The molecule has 0 unspecified atom stereocenters. The topological polar surface area (TPSA) is 105 Å². The maximum Gasteiger partial charge on any atom is 0.330 e. The highest BCUT2D eigenvalue weighted by Gasteiger charge is 2.46. The molecule has 1 aliphatic heterocycles. The van der Waals surface area contributed by atoms with Crippen molar-refractivity contribution in [1.29, 1.82) is 0 Å². The molecule has 1 aromatic rings. The second kappa shape index (κ2) is 5.04. The predicted octanol–water partition coefficient (Wildman–Crippen LogP) is -0.504. The molecule has 0 bridgehead atoms. The molecular formula is C11H13BrN2O5. The summed E-state index contributed by atoms with van der Waals surface area (Å²) in [7, 11) is 0. The molecule has 0 saturated carbocycles. The molecule has 1 aromatic heterocycles. The number of nitrogens with zero attached hydrogens (tertiary/aromatic N) is 1. The number of aliphatic hydroxyl groups excluding tert-OH is 2. The first kappa shape index (κ1) is 14.2. The normalized spacial score (nSPS) is 30.5. The van der Waals surface area contributed by atoms with Crippen molar-refractivity contribution >= 4 is 15.9 Å². The van der Waals surface area contributed by atoms with Crippen LogP contribution in [0.5, 0.6) is 0 Å². The summed E-state index contributed by atoms with van der Waals surface area (Å²) >= 11 is 3.01. The van der Waals surface area contributed by atoms with Crippen molar-refractivity contribution in [2.24, 2.45) is 0 Å². The summed E-state index contributed by atoms with van der Waals surface area (Å²) < 4.78 is 6.84. The minimum atomic E-state index is -1.30. The van der Waals surface area contributed by atoms with Gasteiger partial charge >= 0.3 is 5.69 Å². The average Bonchev–Trinajstić information content (AvgIpc) is 2.71. The number of ether oxygens (including phenoxy) is 1. The fraction of sp³-hybridized carbons (Fsp3) is 0.455. The minimum absolute atomic E-state index is 0.102. The van der Waals surface area contributed by atoms with Crippen LogP contribution in [-0.2, 0) is 4.74 Å². The fourth-order valence-corrected chi connectivity index (χ4v) is 2.33. The van der Waals surface area contributed by atoms with Crippen molar-refractivity contribution in [3.05, 3.63) is 44.2 Å². The van der Waals surface area contributed by atoms with Crippen LogP contribution in [0, 0.1) is 0 Å². The lowest BCUT2D eigenvalue weighted by Gasteiger charge is -2.26. The Hall–Kier alpha value is -1.22. The molecule has 2 heterocycles. The fourth-order valence-electron chi connectivity index (χ4n) is 2.01. The summed E-state index contributed by atoms with van der Waals surface area (Å²) in [5.74, 6) is 0. The van der Waals surface area contributed by atoms with Crippen LogP contribution in [0.1, 0.15) is 12.6 Å². The van der Waals surface area contributed by atoms with Crippen molar-refractivity contribution < 1.29 is 14.9 Å². The quantitative estimate of drug-likeness (QED) is 0.647. The maximum absolute atomic E-state index is 11.7. The van der Waals surface area contributed by atoms with Gasteiger partial charge in [-0.3, -0.25) is 14.3 Å². The molecule has 1 fully saturated rings. The highest BCUT2D eigenvalue weighted by Crippen LogP contribution is 2.36. The van der Waals surface area contributed by atoms with Crippen molar-refractivity contribution in [1.82, 2.24) is 9.55 Å². The van der Waals surface area contributed by atoms with Crippen LogP contribution in [0.4, 0.5) is 0 Å². The van der Waals surface area contributed by atoms with E-state index in [0.29, 0.717) is 0 Å². The number of aliphatic hydroxyl groups is 2. The van der Waals surface area contributed by atoms with Gasteiger partial charge < -0.3 is 14.9 Å². The predicted molar refractivity (Wildman–Crippen MR) is 69.8 cm³/mol. The zero-order valence-electron chi connectivity index (χ0n) is 9.88. The SMILES string of the molecule is C=C[C@]1(CO)O[C@@H](n2cc(Br)c(=O)[nH]c2=O)C[C@@H]1O. The lowest BCUT2D eigenvalue weighted by molar-refractivity contribution is -0.0974. The van der Waals surface area contributed by atoms with Gasteiger partial charge in [-0.1, -0.05) is 6.08 Å². The summed E-state index contributed by atoms with van der Waals surface area (Å²) in [6.45, 7) is 3.07. The number of aromatic nitrogens is 2. The van der Waals surface area contributed by atoms with E-state index in [2.05, 4.69) is 27.5 Å². The zero-order chi connectivity index (χ0) is 14.2. The summed E-state index contributed by atoms with van der Waals surface area (Å²) in [6, 6.07) is 0. The molecule has 8 heteroatoms. The van der Waals surface area contributed by atoms with Crippen molar-refractivity contribution in [2.75, 3.05) is 6.61 Å². The van der Waals surface area contributed by atoms with Crippen LogP contribution >= 0.6 is 15.9 Å². The van der Waals surface area contributed by atoms with E-state index in [9.17, 15) is 19.8 Å². The number of aromatic amines is 1. The van der Waals surface area contributed by atoms with Crippen LogP contribution < -0.4 is 11.2 Å². The molecule has 0 amide bonds. The van der Waals surface area contributed by atoms with Crippen LogP contribution in [0.2, 0.25) is 0 Å². The van der Waals surface area contributed by atoms with Gasteiger partial charge in [0.2, 0.25) is 0 Å². The van der Waals surface area contributed by atoms with Crippen LogP contribution in [0.25, 0.3) is 0 Å². The second-order valence-electron chi connectivity index (χ2n) is 4.28. The summed E-state index contributed by atoms with van der Waals surface area (Å²) in [5.41, 5.74) is -2.49. The Morgan fingerprint density at radius 1 is 1.68 bits per heavy atom. The molecule has 104 valence electrons. The van der Waals surface area contributed by atoms with E-state index in [0.717, 1.165) is 4.57 Å². The number of hydrogen-bond donors (Lipinski definition) is 3. The van der Waals surface area contributed by atoms with Crippen molar-refractivity contribution in [3.8, 4) is 0 Å². The number of H-pyrrole nitrogens is 1. The Morgan fingerprint density at radius 2 is 2.37 bits per heavy atom. The van der Waals surface area contributed by atoms with E-state index < -0.39 is 35.8 Å². The van der Waals surface area contributed by atoms with Gasteiger partial charge in [-0.05, 0) is 15.9 Å². The first-order chi connectivity index (χ1) is 8.93. The molecule has 0 spiro atoms. The van der Waals surface area contributed by atoms with Crippen LogP contribution in [-0.4, -0.2) is 38.1 Å². The molecule has 1 aliphatic rings. The van der Waals surface area contributed by atoms with E-state index in [1.807, 2.05) is 0 Å². The Kier molecular flexibility index (Phi) is 3.77. The minimum Gasteiger partial charge on any atom is -0.393 e. The monoisotopic (exact) mass is 332 g/mol. The van der Waals surface area contributed by atoms with E-state index in [1.165, 1.54) is 12.3 Å². The molecule has 0 aliphatic carbocycles. The summed E-state index contributed by atoms with van der Waals surface area (Å²) in [4.78, 5) is 25.1. The Labute approximate surface area is 116 Å². The lowest BCUT2D eigenvalue weighted by Crippen LogP contribution is -2.41. The standard InChI is InChI=1S/C11H13BrN2O5/c1-2-11(5-15)7(16)3-8(19-11)14-4-6(12)9(17)13-10(14)18/h2,4,7-8,15-16H,1,3,5H2,(H,13,17,18)/t7-,8+,11+/m0/s1. The maximum atomic E-state index is 11.7. The molecule has 1 saturated heterocycles. The average molecular weight is 333 g/mol. The molecule has 3 atom stereocenters. The van der Waals surface area contributed by atoms with Gasteiger partial charge in [-0.15, -0.1) is 6.58 Å². The largest absolute Gasteiger partial charge is 0.393 e. The summed E-state index contributed by atoms with van der Waals surface area (Å²) in [6.07, 6.45) is 0.919. The van der Waals surface area contributed by atoms with E-state index in [4.69, 9.17) is 4.74 Å². The third-order valence-electron chi connectivity index (χ3n) is 3.17. The Morgan fingerprint density at radius 3 is 2.89 bits per heavy atom. The highest BCUT2D eigenvalue weighted by molar-refractivity contribution is 9.10. The van der Waals surface area contributed by atoms with Crippen molar-refractivity contribution in [3.63, 3.8) is 0 Å². The van der Waals surface area contributed by atoms with Gasteiger partial charge in [-0.25, -0.2) is 4.79 Å². The van der Waals surface area contributed by atoms with Crippen molar-refractivity contribution in [2.45, 2.75) is 24.4 Å². The van der Waals surface area contributed by atoms with Gasteiger partial charge in [0.1, 0.15) is 11.8 Å². The molecular weight excluding hydrogens is 320 g/mol. The molecule has 7 nitrogen and oxygen atoms in total. The smallest absolute Gasteiger partial charge is 0.330 e. The molecule has 2 rings (SSSR count). The van der Waals surface area contributed by atoms with Gasteiger partial charge in [0.05, 0.1) is 17.2 Å². The lowest BCUT2D eigenvalue weighted by atomic mass is 9.98. The number of hydrogen-bond acceptors (Lipinski definition) is 5. The van der Waals surface area contributed by atoms with Crippen LogP contribution in [0.15, 0.2) is 32.9 Å². The van der Waals surface area contributed by atoms with Crippen LogP contribution in [0.3, 0.4) is 0 Å².